The van der Waals surface area contributed by atoms with Gasteiger partial charge < -0.3 is 14.5 Å². The number of halogens is 1. The Labute approximate surface area is 158 Å². The lowest BCUT2D eigenvalue weighted by molar-refractivity contribution is -0.133. The monoisotopic (exact) mass is 401 g/mol. The third-order valence-corrected chi connectivity index (χ3v) is 5.51. The lowest BCUT2D eigenvalue weighted by atomic mass is 10.2. The second-order valence-corrected chi connectivity index (χ2v) is 8.08. The Bertz CT molecular complexity index is 776. The number of carbonyl (C=O) groups excluding carboxylic acids is 2. The predicted octanol–water partition coefficient (Wildman–Crippen LogP) is 1.28. The van der Waals surface area contributed by atoms with E-state index in [0.717, 1.165) is 22.7 Å². The van der Waals surface area contributed by atoms with Gasteiger partial charge in [-0.25, -0.2) is 17.6 Å². The highest BCUT2D eigenvalue weighted by atomic mass is 32.2. The zero-order valence-corrected chi connectivity index (χ0v) is 16.4. The summed E-state index contributed by atoms with van der Waals surface area (Å²) in [5.41, 5.74) is 0.213. The van der Waals surface area contributed by atoms with Crippen LogP contribution < -0.4 is 4.31 Å². The van der Waals surface area contributed by atoms with Gasteiger partial charge in [0, 0.05) is 26.2 Å². The van der Waals surface area contributed by atoms with Crippen LogP contribution in [0.3, 0.4) is 0 Å². The summed E-state index contributed by atoms with van der Waals surface area (Å²) in [6.07, 6.45) is 0.570. The minimum atomic E-state index is -3.77. The maximum absolute atomic E-state index is 13.2. The van der Waals surface area contributed by atoms with E-state index in [4.69, 9.17) is 4.74 Å². The highest BCUT2D eigenvalue weighted by molar-refractivity contribution is 7.92. The molecule has 0 bridgehead atoms. The van der Waals surface area contributed by atoms with Gasteiger partial charge >= 0.3 is 6.09 Å². The molecule has 0 spiro atoms. The Hall–Kier alpha value is -2.36. The molecule has 0 unspecified atom stereocenters. The van der Waals surface area contributed by atoms with Crippen LogP contribution >= 0.6 is 0 Å². The molecular weight excluding hydrogens is 377 g/mol. The van der Waals surface area contributed by atoms with Crippen LogP contribution in [0.2, 0.25) is 0 Å². The summed E-state index contributed by atoms with van der Waals surface area (Å²) in [7, 11) is -3.77. The fraction of sp³-hybridized carbons (Fsp3) is 0.529. The van der Waals surface area contributed by atoms with Crippen molar-refractivity contribution in [3.63, 3.8) is 0 Å². The number of nitrogens with zero attached hydrogens (tertiary/aromatic N) is 3. The minimum absolute atomic E-state index is 0.213. The molecule has 0 N–H and O–H groups in total. The lowest BCUT2D eigenvalue weighted by Gasteiger charge is -2.37. The van der Waals surface area contributed by atoms with Crippen molar-refractivity contribution in [1.82, 2.24) is 9.80 Å². The largest absolute Gasteiger partial charge is 0.450 e. The zero-order chi connectivity index (χ0) is 20.2. The van der Waals surface area contributed by atoms with E-state index in [1.54, 1.807) is 6.92 Å². The van der Waals surface area contributed by atoms with Gasteiger partial charge in [-0.2, -0.15) is 0 Å². The van der Waals surface area contributed by atoms with Gasteiger partial charge in [0.1, 0.15) is 11.9 Å². The van der Waals surface area contributed by atoms with Crippen molar-refractivity contribution in [2.24, 2.45) is 0 Å². The number of hydrogen-bond acceptors (Lipinski definition) is 5. The number of piperazine rings is 1. The molecule has 0 aliphatic carbocycles. The summed E-state index contributed by atoms with van der Waals surface area (Å²) in [6, 6.07) is 3.92. The number of anilines is 1. The SMILES string of the molecule is CCOC(=O)N1CCN(C(=O)[C@H](C)N(c2ccc(F)cc2)S(C)(=O)=O)CC1. The fourth-order valence-corrected chi connectivity index (χ4v) is 4.15. The second-order valence-electron chi connectivity index (χ2n) is 6.22. The molecule has 1 fully saturated rings. The minimum Gasteiger partial charge on any atom is -0.450 e. The van der Waals surface area contributed by atoms with Crippen LogP contribution in [-0.4, -0.2) is 75.3 Å². The quantitative estimate of drug-likeness (QED) is 0.742. The van der Waals surface area contributed by atoms with Crippen molar-refractivity contribution >= 4 is 27.7 Å². The van der Waals surface area contributed by atoms with Crippen molar-refractivity contribution in [3.05, 3.63) is 30.1 Å². The van der Waals surface area contributed by atoms with Crippen molar-refractivity contribution in [2.75, 3.05) is 43.3 Å². The van der Waals surface area contributed by atoms with Gasteiger partial charge in [0.05, 0.1) is 18.6 Å². The number of rotatable bonds is 5. The Morgan fingerprint density at radius 1 is 1.15 bits per heavy atom. The molecule has 1 atom stereocenters. The van der Waals surface area contributed by atoms with Crippen LogP contribution in [0.5, 0.6) is 0 Å². The van der Waals surface area contributed by atoms with E-state index < -0.39 is 28.0 Å². The number of amides is 2. The number of ether oxygens (including phenoxy) is 1. The summed E-state index contributed by atoms with van der Waals surface area (Å²) >= 11 is 0. The van der Waals surface area contributed by atoms with E-state index in [1.165, 1.54) is 28.9 Å². The first-order valence-electron chi connectivity index (χ1n) is 8.60. The Balaban J connectivity index is 2.12. The molecule has 1 aliphatic heterocycles. The fourth-order valence-electron chi connectivity index (χ4n) is 2.98. The normalized spacial score (nSPS) is 16.0. The van der Waals surface area contributed by atoms with Gasteiger partial charge in [-0.15, -0.1) is 0 Å². The highest BCUT2D eigenvalue weighted by Gasteiger charge is 2.34. The van der Waals surface area contributed by atoms with Crippen LogP contribution in [0, 0.1) is 5.82 Å². The van der Waals surface area contributed by atoms with Gasteiger partial charge in [0.15, 0.2) is 0 Å². The van der Waals surface area contributed by atoms with E-state index in [-0.39, 0.29) is 31.3 Å². The molecule has 1 aromatic rings. The van der Waals surface area contributed by atoms with Crippen LogP contribution in [0.4, 0.5) is 14.9 Å². The van der Waals surface area contributed by atoms with Crippen molar-refractivity contribution in [2.45, 2.75) is 19.9 Å². The first-order valence-corrected chi connectivity index (χ1v) is 10.5. The standard InChI is InChI=1S/C17H24FN3O5S/c1-4-26-17(23)20-11-9-19(10-12-20)16(22)13(2)21(27(3,24)25)15-7-5-14(18)6-8-15/h5-8,13H,4,9-12H2,1-3H3/t13-/m0/s1. The van der Waals surface area contributed by atoms with E-state index in [1.807, 2.05) is 0 Å². The summed E-state index contributed by atoms with van der Waals surface area (Å²) in [5.74, 6) is -0.880. The first kappa shape index (κ1) is 20.9. The van der Waals surface area contributed by atoms with Gasteiger partial charge in [0.25, 0.3) is 0 Å². The van der Waals surface area contributed by atoms with E-state index in [2.05, 4.69) is 0 Å². The number of hydrogen-bond donors (Lipinski definition) is 0. The predicted molar refractivity (Wildman–Crippen MR) is 98.4 cm³/mol. The number of carbonyl (C=O) groups is 2. The lowest BCUT2D eigenvalue weighted by Crippen LogP contribution is -2.56. The van der Waals surface area contributed by atoms with Crippen LogP contribution in [0.1, 0.15) is 13.8 Å². The average molecular weight is 401 g/mol. The topological polar surface area (TPSA) is 87.2 Å². The van der Waals surface area contributed by atoms with Crippen LogP contribution in [-0.2, 0) is 19.6 Å². The highest BCUT2D eigenvalue weighted by Crippen LogP contribution is 2.22. The van der Waals surface area contributed by atoms with Gasteiger partial charge in [0.2, 0.25) is 15.9 Å². The molecular formula is C17H24FN3O5S. The van der Waals surface area contributed by atoms with Crippen molar-refractivity contribution in [3.8, 4) is 0 Å². The van der Waals surface area contributed by atoms with Crippen molar-refractivity contribution in [1.29, 1.82) is 0 Å². The van der Waals surface area contributed by atoms with Crippen LogP contribution in [0.25, 0.3) is 0 Å². The summed E-state index contributed by atoms with van der Waals surface area (Å²) in [5, 5.41) is 0. The molecule has 8 nitrogen and oxygen atoms in total. The first-order chi connectivity index (χ1) is 12.6. The van der Waals surface area contributed by atoms with E-state index in [9.17, 15) is 22.4 Å². The molecule has 0 aromatic heterocycles. The Morgan fingerprint density at radius 3 is 2.15 bits per heavy atom. The molecule has 0 radical (unpaired) electrons. The molecule has 27 heavy (non-hydrogen) atoms. The molecule has 2 amide bonds. The molecule has 10 heteroatoms. The Morgan fingerprint density at radius 2 is 1.67 bits per heavy atom. The van der Waals surface area contributed by atoms with E-state index in [0.29, 0.717) is 13.1 Å². The number of benzene rings is 1. The molecule has 0 saturated carbocycles. The molecule has 1 aliphatic rings. The van der Waals surface area contributed by atoms with Crippen LogP contribution in [0.15, 0.2) is 24.3 Å². The van der Waals surface area contributed by atoms with E-state index >= 15 is 0 Å². The van der Waals surface area contributed by atoms with Gasteiger partial charge in [-0.05, 0) is 38.1 Å². The third-order valence-electron chi connectivity index (χ3n) is 4.26. The molecule has 1 aromatic carbocycles. The molecule has 2 rings (SSSR count). The third kappa shape index (κ3) is 5.09. The summed E-state index contributed by atoms with van der Waals surface area (Å²) in [4.78, 5) is 27.6. The average Bonchev–Trinajstić information content (AvgIpc) is 2.62. The summed E-state index contributed by atoms with van der Waals surface area (Å²) in [6.45, 7) is 4.67. The Kier molecular flexibility index (Phi) is 6.63. The maximum Gasteiger partial charge on any atom is 0.409 e. The summed E-state index contributed by atoms with van der Waals surface area (Å²) < 4.78 is 43.6. The second kappa shape index (κ2) is 8.55. The van der Waals surface area contributed by atoms with Gasteiger partial charge in [-0.1, -0.05) is 0 Å². The van der Waals surface area contributed by atoms with Crippen molar-refractivity contribution < 1.29 is 27.1 Å². The number of sulfonamides is 1. The maximum atomic E-state index is 13.2. The smallest absolute Gasteiger partial charge is 0.409 e. The van der Waals surface area contributed by atoms with Gasteiger partial charge in [-0.3, -0.25) is 9.10 Å². The molecule has 150 valence electrons. The molecule has 1 saturated heterocycles. The zero-order valence-electron chi connectivity index (χ0n) is 15.6. The molecule has 1 heterocycles.